The summed E-state index contributed by atoms with van der Waals surface area (Å²) in [5.41, 5.74) is 2.46. The van der Waals surface area contributed by atoms with Crippen LogP contribution >= 0.6 is 23.5 Å². The molecule has 0 amide bonds. The number of Topliss-reactive ketones (excluding diaryl/α,β-unsaturated/α-hetero) is 2. The van der Waals surface area contributed by atoms with Gasteiger partial charge >= 0.3 is 0 Å². The molecule has 2 aromatic carbocycles. The van der Waals surface area contributed by atoms with E-state index in [0.717, 1.165) is 19.6 Å². The van der Waals surface area contributed by atoms with Crippen LogP contribution < -0.4 is 0 Å². The zero-order valence-corrected chi connectivity index (χ0v) is 18.5. The van der Waals surface area contributed by atoms with Crippen molar-refractivity contribution >= 4 is 41.4 Å². The topological polar surface area (TPSA) is 51.2 Å². The summed E-state index contributed by atoms with van der Waals surface area (Å²) in [6, 6.07) is 14.0. The van der Waals surface area contributed by atoms with Gasteiger partial charge < -0.3 is 4.79 Å². The van der Waals surface area contributed by atoms with E-state index < -0.39 is 0 Å². The van der Waals surface area contributed by atoms with Crippen LogP contribution in [-0.2, 0) is 9.59 Å². The van der Waals surface area contributed by atoms with Crippen molar-refractivity contribution in [1.82, 2.24) is 0 Å². The van der Waals surface area contributed by atoms with Gasteiger partial charge in [0.2, 0.25) is 0 Å². The van der Waals surface area contributed by atoms with E-state index in [0.29, 0.717) is 23.8 Å². The second-order valence-electron chi connectivity index (χ2n) is 6.86. The average Bonchev–Trinajstić information content (AvgIpc) is 2.96. The van der Waals surface area contributed by atoms with Crippen LogP contribution in [0.3, 0.4) is 0 Å². The first-order chi connectivity index (χ1) is 14.5. The van der Waals surface area contributed by atoms with Crippen molar-refractivity contribution in [2.75, 3.05) is 0 Å². The molecule has 1 aliphatic carbocycles. The Hall–Kier alpha value is -2.63. The quantitative estimate of drug-likeness (QED) is 0.274. The largest absolute Gasteiger partial charge is 0.303 e. The molecule has 0 aliphatic heterocycles. The van der Waals surface area contributed by atoms with Crippen LogP contribution in [0, 0.1) is 6.92 Å². The lowest BCUT2D eigenvalue weighted by Gasteiger charge is -2.11. The maximum atomic E-state index is 12.0. The SMILES string of the molecule is CC(=O)c1ccc(Sc2ccc(C)cc2SC2=CCC=C(C(=O)CC=O)C=C2)cc1. The number of hydrogen-bond acceptors (Lipinski definition) is 5. The third kappa shape index (κ3) is 5.94. The van der Waals surface area contributed by atoms with E-state index in [2.05, 4.69) is 31.2 Å². The lowest BCUT2D eigenvalue weighted by molar-refractivity contribution is -0.119. The molecule has 3 rings (SSSR count). The van der Waals surface area contributed by atoms with Gasteiger partial charge in [-0.15, -0.1) is 0 Å². The third-order valence-corrected chi connectivity index (χ3v) is 6.80. The zero-order chi connectivity index (χ0) is 21.5. The van der Waals surface area contributed by atoms with Gasteiger partial charge in [-0.3, -0.25) is 9.59 Å². The number of carbonyl (C=O) groups is 3. The van der Waals surface area contributed by atoms with Crippen LogP contribution in [0.2, 0.25) is 0 Å². The standard InChI is InChI=1S/C25H22O3S2/c1-17-6-13-24(29-22-10-7-19(8-11-22)18(2)27)25(16-17)30-21-5-3-4-20(9-12-21)23(28)14-15-26/h4-13,15-16H,3,14H2,1-2H3. The summed E-state index contributed by atoms with van der Waals surface area (Å²) >= 11 is 3.32. The molecule has 5 heteroatoms. The third-order valence-electron chi connectivity index (χ3n) is 4.49. The van der Waals surface area contributed by atoms with Crippen molar-refractivity contribution in [2.45, 2.75) is 41.4 Å². The van der Waals surface area contributed by atoms with Crippen LogP contribution in [0.4, 0.5) is 0 Å². The summed E-state index contributed by atoms with van der Waals surface area (Å²) in [6.45, 7) is 3.63. The molecule has 3 nitrogen and oxygen atoms in total. The Kier molecular flexibility index (Phi) is 7.66. The van der Waals surface area contributed by atoms with Gasteiger partial charge in [0.1, 0.15) is 6.29 Å². The lowest BCUT2D eigenvalue weighted by Crippen LogP contribution is -2.00. The van der Waals surface area contributed by atoms with Gasteiger partial charge in [0, 0.05) is 30.7 Å². The maximum absolute atomic E-state index is 12.0. The van der Waals surface area contributed by atoms with Gasteiger partial charge in [-0.1, -0.05) is 60.0 Å². The Balaban J connectivity index is 1.78. The number of thioether (sulfide) groups is 1. The van der Waals surface area contributed by atoms with Gasteiger partial charge in [-0.2, -0.15) is 0 Å². The summed E-state index contributed by atoms with van der Waals surface area (Å²) in [6.07, 6.45) is 8.88. The Morgan fingerprint density at radius 3 is 2.43 bits per heavy atom. The molecule has 0 aromatic heterocycles. The molecule has 0 radical (unpaired) electrons. The summed E-state index contributed by atoms with van der Waals surface area (Å²) < 4.78 is 0. The van der Waals surface area contributed by atoms with Crippen molar-refractivity contribution < 1.29 is 14.4 Å². The maximum Gasteiger partial charge on any atom is 0.169 e. The minimum Gasteiger partial charge on any atom is -0.303 e. The van der Waals surface area contributed by atoms with E-state index in [-0.39, 0.29) is 18.0 Å². The molecule has 0 spiro atoms. The number of carbonyl (C=O) groups excluding carboxylic acids is 3. The molecule has 2 aromatic rings. The first-order valence-electron chi connectivity index (χ1n) is 9.59. The molecule has 0 heterocycles. The van der Waals surface area contributed by atoms with Crippen LogP contribution in [0.25, 0.3) is 0 Å². The van der Waals surface area contributed by atoms with Crippen molar-refractivity contribution in [3.8, 4) is 0 Å². The van der Waals surface area contributed by atoms with Crippen molar-refractivity contribution in [3.63, 3.8) is 0 Å². The molecule has 1 aliphatic rings. The number of rotatable bonds is 8. The van der Waals surface area contributed by atoms with Crippen molar-refractivity contribution in [3.05, 3.63) is 88.4 Å². The Morgan fingerprint density at radius 2 is 1.73 bits per heavy atom. The van der Waals surface area contributed by atoms with Gasteiger partial charge in [-0.05, 0) is 56.2 Å². The van der Waals surface area contributed by atoms with E-state index in [4.69, 9.17) is 0 Å². The molecule has 0 saturated heterocycles. The van der Waals surface area contributed by atoms with E-state index in [1.807, 2.05) is 36.4 Å². The minimum absolute atomic E-state index is 0.0600. The summed E-state index contributed by atoms with van der Waals surface area (Å²) in [5, 5.41) is 0. The number of aryl methyl sites for hydroxylation is 1. The Labute approximate surface area is 185 Å². The van der Waals surface area contributed by atoms with Crippen molar-refractivity contribution in [1.29, 1.82) is 0 Å². The fourth-order valence-corrected chi connectivity index (χ4v) is 4.93. The van der Waals surface area contributed by atoms with Gasteiger partial charge in [-0.25, -0.2) is 0 Å². The van der Waals surface area contributed by atoms with Gasteiger partial charge in [0.25, 0.3) is 0 Å². The average molecular weight is 435 g/mol. The fraction of sp³-hybridized carbons (Fsp3) is 0.160. The molecule has 0 saturated carbocycles. The lowest BCUT2D eigenvalue weighted by atomic mass is 10.1. The zero-order valence-electron chi connectivity index (χ0n) is 16.9. The van der Waals surface area contributed by atoms with Crippen LogP contribution in [0.5, 0.6) is 0 Å². The first kappa shape index (κ1) is 22.1. The molecule has 0 fully saturated rings. The highest BCUT2D eigenvalue weighted by Crippen LogP contribution is 2.40. The smallest absolute Gasteiger partial charge is 0.169 e. The molecule has 30 heavy (non-hydrogen) atoms. The highest BCUT2D eigenvalue weighted by atomic mass is 32.2. The number of benzene rings is 2. The van der Waals surface area contributed by atoms with Crippen molar-refractivity contribution in [2.24, 2.45) is 0 Å². The van der Waals surface area contributed by atoms with Crippen LogP contribution in [0.1, 0.15) is 35.7 Å². The van der Waals surface area contributed by atoms with Crippen LogP contribution in [-0.4, -0.2) is 17.9 Å². The summed E-state index contributed by atoms with van der Waals surface area (Å²) in [7, 11) is 0. The molecular weight excluding hydrogens is 412 g/mol. The number of hydrogen-bond donors (Lipinski definition) is 0. The highest BCUT2D eigenvalue weighted by Gasteiger charge is 2.11. The minimum atomic E-state index is -0.151. The molecule has 0 N–H and O–H groups in total. The van der Waals surface area contributed by atoms with E-state index >= 15 is 0 Å². The molecule has 0 unspecified atom stereocenters. The van der Waals surface area contributed by atoms with Crippen LogP contribution in [0.15, 0.2) is 91.9 Å². The molecule has 152 valence electrons. The number of allylic oxidation sites excluding steroid dienone is 5. The summed E-state index contributed by atoms with van der Waals surface area (Å²) in [4.78, 5) is 38.5. The number of aldehydes is 1. The number of ketones is 2. The molecule has 0 atom stereocenters. The fourth-order valence-electron chi connectivity index (χ4n) is 2.88. The monoisotopic (exact) mass is 434 g/mol. The highest BCUT2D eigenvalue weighted by molar-refractivity contribution is 8.04. The first-order valence-corrected chi connectivity index (χ1v) is 11.2. The normalized spacial score (nSPS) is 13.3. The van der Waals surface area contributed by atoms with E-state index in [1.54, 1.807) is 36.5 Å². The Bertz CT molecular complexity index is 1060. The van der Waals surface area contributed by atoms with E-state index in [9.17, 15) is 14.4 Å². The molecular formula is C25H22O3S2. The second kappa shape index (κ2) is 10.4. The predicted molar refractivity (Wildman–Crippen MR) is 123 cm³/mol. The molecule has 0 bridgehead atoms. The van der Waals surface area contributed by atoms with E-state index in [1.165, 1.54) is 5.56 Å². The second-order valence-corrected chi connectivity index (χ2v) is 9.09. The summed E-state index contributed by atoms with van der Waals surface area (Å²) in [5.74, 6) is -0.0912. The van der Waals surface area contributed by atoms with Gasteiger partial charge in [0.05, 0.1) is 6.42 Å². The predicted octanol–water partition coefficient (Wildman–Crippen LogP) is 6.37. The van der Waals surface area contributed by atoms with Gasteiger partial charge in [0.15, 0.2) is 11.6 Å². The Morgan fingerprint density at radius 1 is 0.967 bits per heavy atom.